The van der Waals surface area contributed by atoms with Crippen LogP contribution in [0.2, 0.25) is 0 Å². The van der Waals surface area contributed by atoms with Crippen molar-refractivity contribution in [1.82, 2.24) is 0 Å². The summed E-state index contributed by atoms with van der Waals surface area (Å²) in [6.07, 6.45) is 4.62. The first-order valence-corrected chi connectivity index (χ1v) is 7.01. The van der Waals surface area contributed by atoms with Crippen LogP contribution in [0.5, 0.6) is 0 Å². The zero-order valence-corrected chi connectivity index (χ0v) is 11.4. The minimum Gasteiger partial charge on any atom is -0.446 e. The molecule has 0 aromatic heterocycles. The fourth-order valence-electron chi connectivity index (χ4n) is 2.79. The molecule has 0 spiro atoms. The second-order valence-corrected chi connectivity index (χ2v) is 5.53. The van der Waals surface area contributed by atoms with Gasteiger partial charge < -0.3 is 4.74 Å². The van der Waals surface area contributed by atoms with E-state index in [1.54, 1.807) is 6.92 Å². The molecule has 98 valence electrons. The van der Waals surface area contributed by atoms with E-state index in [1.807, 2.05) is 30.3 Å². The number of benzene rings is 1. The van der Waals surface area contributed by atoms with Gasteiger partial charge in [-0.15, -0.1) is 0 Å². The van der Waals surface area contributed by atoms with Gasteiger partial charge in [0, 0.05) is 0 Å². The van der Waals surface area contributed by atoms with Crippen LogP contribution in [0.4, 0.5) is 0 Å². The van der Waals surface area contributed by atoms with Crippen LogP contribution in [0.25, 0.3) is 0 Å². The van der Waals surface area contributed by atoms with E-state index in [-0.39, 0.29) is 11.9 Å². The van der Waals surface area contributed by atoms with E-state index in [4.69, 9.17) is 16.3 Å². The molecule has 0 N–H and O–H groups in total. The molecule has 1 aliphatic carbocycles. The molecule has 0 bridgehead atoms. The van der Waals surface area contributed by atoms with Crippen LogP contribution in [-0.4, -0.2) is 11.5 Å². The summed E-state index contributed by atoms with van der Waals surface area (Å²) < 4.78 is 5.21. The van der Waals surface area contributed by atoms with Gasteiger partial charge in [0.05, 0.1) is 5.92 Å². The molecule has 3 heteroatoms. The van der Waals surface area contributed by atoms with E-state index in [0.717, 1.165) is 18.4 Å². The number of hydrogen-bond donors (Lipinski definition) is 0. The Bertz CT molecular complexity index is 383. The second kappa shape index (κ2) is 6.24. The van der Waals surface area contributed by atoms with Crippen molar-refractivity contribution in [2.45, 2.75) is 44.1 Å². The van der Waals surface area contributed by atoms with Gasteiger partial charge in [0.25, 0.3) is 0 Å². The predicted octanol–water partition coefficient (Wildman–Crippen LogP) is 4.09. The smallest absolute Gasteiger partial charge is 0.315 e. The maximum Gasteiger partial charge on any atom is 0.315 e. The third kappa shape index (κ3) is 3.26. The van der Waals surface area contributed by atoms with E-state index in [9.17, 15) is 4.79 Å². The Morgan fingerprint density at radius 2 is 1.89 bits per heavy atom. The molecule has 1 fully saturated rings. The molecule has 0 amide bonds. The Kier molecular flexibility index (Phi) is 4.65. The van der Waals surface area contributed by atoms with Crippen molar-refractivity contribution in [3.63, 3.8) is 0 Å². The molecule has 2 rings (SSSR count). The standard InChI is InChI=1S/C15H19ClO2/c1-11(16)18-15(17)14(13-9-5-6-10-13)12-7-3-2-4-8-12/h2-4,7-8,11,13-14H,5-6,9-10H2,1H3. The molecule has 1 saturated carbocycles. The quantitative estimate of drug-likeness (QED) is 0.606. The highest BCUT2D eigenvalue weighted by atomic mass is 35.5. The fraction of sp³-hybridized carbons (Fsp3) is 0.533. The van der Waals surface area contributed by atoms with Crippen LogP contribution >= 0.6 is 11.6 Å². The highest BCUT2D eigenvalue weighted by molar-refractivity contribution is 6.20. The molecule has 0 radical (unpaired) electrons. The van der Waals surface area contributed by atoms with Crippen molar-refractivity contribution in [3.05, 3.63) is 35.9 Å². The van der Waals surface area contributed by atoms with Gasteiger partial charge in [-0.3, -0.25) is 4.79 Å². The van der Waals surface area contributed by atoms with Crippen LogP contribution in [0, 0.1) is 5.92 Å². The Morgan fingerprint density at radius 3 is 2.44 bits per heavy atom. The zero-order chi connectivity index (χ0) is 13.0. The van der Waals surface area contributed by atoms with Crippen molar-refractivity contribution in [2.75, 3.05) is 0 Å². The molecule has 0 aliphatic heterocycles. The van der Waals surface area contributed by atoms with Crippen molar-refractivity contribution in [3.8, 4) is 0 Å². The predicted molar refractivity (Wildman–Crippen MR) is 72.5 cm³/mol. The molecule has 0 saturated heterocycles. The van der Waals surface area contributed by atoms with Crippen LogP contribution in [0.3, 0.4) is 0 Å². The summed E-state index contributed by atoms with van der Waals surface area (Å²) in [6.45, 7) is 1.68. The Hall–Kier alpha value is -1.02. The number of halogens is 1. The average Bonchev–Trinajstić information content (AvgIpc) is 2.83. The molecule has 2 atom stereocenters. The maximum atomic E-state index is 12.2. The van der Waals surface area contributed by atoms with Gasteiger partial charge in [-0.1, -0.05) is 54.8 Å². The minimum absolute atomic E-state index is 0.158. The van der Waals surface area contributed by atoms with E-state index in [2.05, 4.69) is 0 Å². The molecule has 18 heavy (non-hydrogen) atoms. The number of esters is 1. The summed E-state index contributed by atoms with van der Waals surface area (Å²) in [5.74, 6) is 0.0563. The summed E-state index contributed by atoms with van der Waals surface area (Å²) in [6, 6.07) is 9.90. The summed E-state index contributed by atoms with van der Waals surface area (Å²) in [5.41, 5.74) is 0.483. The lowest BCUT2D eigenvalue weighted by molar-refractivity contribution is -0.148. The molecule has 2 unspecified atom stereocenters. The van der Waals surface area contributed by atoms with Gasteiger partial charge >= 0.3 is 5.97 Å². The Morgan fingerprint density at radius 1 is 1.28 bits per heavy atom. The molecule has 1 aliphatic rings. The molecular weight excluding hydrogens is 248 g/mol. The molecule has 2 nitrogen and oxygen atoms in total. The van der Waals surface area contributed by atoms with E-state index >= 15 is 0 Å². The monoisotopic (exact) mass is 266 g/mol. The zero-order valence-electron chi connectivity index (χ0n) is 10.6. The highest BCUT2D eigenvalue weighted by Gasteiger charge is 2.33. The lowest BCUT2D eigenvalue weighted by atomic mass is 9.85. The van der Waals surface area contributed by atoms with Crippen molar-refractivity contribution in [2.24, 2.45) is 5.92 Å². The van der Waals surface area contributed by atoms with Crippen molar-refractivity contribution < 1.29 is 9.53 Å². The number of carbonyl (C=O) groups is 1. The first kappa shape index (κ1) is 13.4. The van der Waals surface area contributed by atoms with Crippen molar-refractivity contribution >= 4 is 17.6 Å². The third-order valence-corrected chi connectivity index (χ3v) is 3.65. The van der Waals surface area contributed by atoms with Gasteiger partial charge in [-0.2, -0.15) is 0 Å². The Labute approximate surface area is 113 Å². The largest absolute Gasteiger partial charge is 0.446 e. The Balaban J connectivity index is 2.20. The summed E-state index contributed by atoms with van der Waals surface area (Å²) >= 11 is 5.77. The van der Waals surface area contributed by atoms with Gasteiger partial charge in [-0.25, -0.2) is 0 Å². The van der Waals surface area contributed by atoms with Crippen LogP contribution in [0.1, 0.15) is 44.1 Å². The minimum atomic E-state index is -0.565. The first-order chi connectivity index (χ1) is 8.68. The van der Waals surface area contributed by atoms with Gasteiger partial charge in [0.2, 0.25) is 0 Å². The number of rotatable bonds is 4. The van der Waals surface area contributed by atoms with E-state index < -0.39 is 5.56 Å². The van der Waals surface area contributed by atoms with Crippen LogP contribution in [-0.2, 0) is 9.53 Å². The van der Waals surface area contributed by atoms with E-state index in [0.29, 0.717) is 5.92 Å². The lowest BCUT2D eigenvalue weighted by Gasteiger charge is -2.22. The summed E-state index contributed by atoms with van der Waals surface area (Å²) in [4.78, 5) is 12.2. The number of hydrogen-bond acceptors (Lipinski definition) is 2. The number of carbonyl (C=O) groups excluding carboxylic acids is 1. The molecule has 0 heterocycles. The highest BCUT2D eigenvalue weighted by Crippen LogP contribution is 2.38. The topological polar surface area (TPSA) is 26.3 Å². The SMILES string of the molecule is CC(Cl)OC(=O)C(c1ccccc1)C1CCCC1. The van der Waals surface area contributed by atoms with Crippen LogP contribution in [0.15, 0.2) is 30.3 Å². The maximum absolute atomic E-state index is 12.2. The first-order valence-electron chi connectivity index (χ1n) is 6.58. The third-order valence-electron chi connectivity index (χ3n) is 3.56. The van der Waals surface area contributed by atoms with Gasteiger partial charge in [0.15, 0.2) is 5.56 Å². The average molecular weight is 267 g/mol. The van der Waals surface area contributed by atoms with Gasteiger partial charge in [0.1, 0.15) is 0 Å². The van der Waals surface area contributed by atoms with Crippen molar-refractivity contribution in [1.29, 1.82) is 0 Å². The fourth-order valence-corrected chi connectivity index (χ4v) is 2.87. The number of ether oxygens (including phenoxy) is 1. The summed E-state index contributed by atoms with van der Waals surface area (Å²) in [5, 5.41) is 0. The summed E-state index contributed by atoms with van der Waals surface area (Å²) in [7, 11) is 0. The lowest BCUT2D eigenvalue weighted by Crippen LogP contribution is -2.24. The van der Waals surface area contributed by atoms with Crippen LogP contribution < -0.4 is 0 Å². The second-order valence-electron chi connectivity index (χ2n) is 4.91. The van der Waals surface area contributed by atoms with Gasteiger partial charge in [-0.05, 0) is 31.2 Å². The van der Waals surface area contributed by atoms with E-state index in [1.165, 1.54) is 12.8 Å². The normalized spacial score (nSPS) is 19.4. The number of alkyl halides is 1. The molecule has 1 aromatic rings. The molecule has 1 aromatic carbocycles. The molecular formula is C15H19ClO2.